The highest BCUT2D eigenvalue weighted by molar-refractivity contribution is 6.74. The molecule has 1 N–H and O–H groups in total. The van der Waals surface area contributed by atoms with Crippen LogP contribution in [0.2, 0.25) is 18.1 Å². The summed E-state index contributed by atoms with van der Waals surface area (Å²) < 4.78 is 6.70. The van der Waals surface area contributed by atoms with Gasteiger partial charge in [0.05, 0.1) is 6.10 Å². The first-order valence-corrected chi connectivity index (χ1v) is 10.8. The molecule has 0 bridgehead atoms. The van der Waals surface area contributed by atoms with Crippen molar-refractivity contribution in [3.05, 3.63) is 0 Å². The van der Waals surface area contributed by atoms with E-state index in [0.29, 0.717) is 17.2 Å². The second kappa shape index (κ2) is 5.84. The van der Waals surface area contributed by atoms with Crippen molar-refractivity contribution in [3.63, 3.8) is 0 Å². The maximum Gasteiger partial charge on any atom is 0.192 e. The average Bonchev–Trinajstić information content (AvgIpc) is 2.81. The van der Waals surface area contributed by atoms with Crippen LogP contribution in [-0.4, -0.2) is 51.5 Å². The van der Waals surface area contributed by atoms with E-state index >= 15 is 0 Å². The van der Waals surface area contributed by atoms with Crippen LogP contribution in [0.4, 0.5) is 0 Å². The van der Waals surface area contributed by atoms with E-state index in [0.717, 1.165) is 13.1 Å². The van der Waals surface area contributed by atoms with Crippen LogP contribution in [0, 0.1) is 0 Å². The van der Waals surface area contributed by atoms with E-state index in [-0.39, 0.29) is 0 Å². The molecule has 2 heterocycles. The fourth-order valence-electron chi connectivity index (χ4n) is 2.98. The summed E-state index contributed by atoms with van der Waals surface area (Å²) >= 11 is 0. The normalized spacial score (nSPS) is 30.8. The highest BCUT2D eigenvalue weighted by Gasteiger charge is 2.42. The fraction of sp³-hybridized carbons (Fsp3) is 1.00. The molecule has 0 aromatic rings. The lowest BCUT2D eigenvalue weighted by atomic mass is 10.0. The molecule has 2 aliphatic rings. The molecule has 2 aliphatic heterocycles. The van der Waals surface area contributed by atoms with Crippen LogP contribution in [0.25, 0.3) is 0 Å². The second-order valence-electron chi connectivity index (χ2n) is 7.72. The van der Waals surface area contributed by atoms with Crippen molar-refractivity contribution < 1.29 is 4.43 Å². The van der Waals surface area contributed by atoms with Gasteiger partial charge < -0.3 is 9.74 Å². The van der Waals surface area contributed by atoms with Gasteiger partial charge in [-0.25, -0.2) is 0 Å². The molecule has 2 fully saturated rings. The van der Waals surface area contributed by atoms with E-state index in [1.165, 1.54) is 32.4 Å². The summed E-state index contributed by atoms with van der Waals surface area (Å²) in [5, 5.41) is 3.84. The van der Waals surface area contributed by atoms with E-state index < -0.39 is 8.32 Å². The Labute approximate surface area is 120 Å². The molecule has 4 heteroatoms. The minimum atomic E-state index is -1.65. The zero-order valence-electron chi connectivity index (χ0n) is 13.5. The summed E-state index contributed by atoms with van der Waals surface area (Å²) in [7, 11) is -1.65. The lowest BCUT2D eigenvalue weighted by Crippen LogP contribution is -2.57. The quantitative estimate of drug-likeness (QED) is 0.807. The second-order valence-corrected chi connectivity index (χ2v) is 12.5. The molecule has 0 aromatic carbocycles. The SMILES string of the molecule is CC(C)(C)[Si](C)(C)OC1CNCCC1N1CCCC1. The third-order valence-corrected chi connectivity index (χ3v) is 9.76. The maximum atomic E-state index is 6.70. The van der Waals surface area contributed by atoms with Crippen molar-refractivity contribution >= 4 is 8.32 Å². The maximum absolute atomic E-state index is 6.70. The first-order chi connectivity index (χ1) is 8.81. The molecule has 3 nitrogen and oxygen atoms in total. The highest BCUT2D eigenvalue weighted by Crippen LogP contribution is 2.38. The van der Waals surface area contributed by atoms with Gasteiger partial charge in [-0.2, -0.15) is 0 Å². The number of nitrogens with one attached hydrogen (secondary N) is 1. The summed E-state index contributed by atoms with van der Waals surface area (Å²) in [4.78, 5) is 2.68. The van der Waals surface area contributed by atoms with Crippen LogP contribution in [-0.2, 0) is 4.43 Å². The van der Waals surface area contributed by atoms with Crippen molar-refractivity contribution in [1.29, 1.82) is 0 Å². The third kappa shape index (κ3) is 3.60. The predicted octanol–water partition coefficient (Wildman–Crippen LogP) is 2.83. The number of hydrogen-bond acceptors (Lipinski definition) is 3. The van der Waals surface area contributed by atoms with Crippen LogP contribution in [0.5, 0.6) is 0 Å². The summed E-state index contributed by atoms with van der Waals surface area (Å²) in [6.07, 6.45) is 4.39. The third-order valence-electron chi connectivity index (χ3n) is 5.25. The van der Waals surface area contributed by atoms with Crippen LogP contribution in [0.1, 0.15) is 40.0 Å². The molecule has 0 amide bonds. The van der Waals surface area contributed by atoms with E-state index in [2.05, 4.69) is 44.1 Å². The Bertz CT molecular complexity index is 295. The molecule has 0 aromatic heterocycles. The first kappa shape index (κ1) is 15.5. The Balaban J connectivity index is 2.03. The minimum Gasteiger partial charge on any atom is -0.411 e. The first-order valence-electron chi connectivity index (χ1n) is 7.94. The van der Waals surface area contributed by atoms with E-state index in [1.54, 1.807) is 0 Å². The van der Waals surface area contributed by atoms with Crippen molar-refractivity contribution in [2.24, 2.45) is 0 Å². The Morgan fingerprint density at radius 3 is 2.37 bits per heavy atom. The number of piperidine rings is 1. The number of likely N-dealkylation sites (tertiary alicyclic amines) is 1. The molecule has 2 unspecified atom stereocenters. The van der Waals surface area contributed by atoms with Gasteiger partial charge in [0.25, 0.3) is 0 Å². The smallest absolute Gasteiger partial charge is 0.192 e. The molecule has 19 heavy (non-hydrogen) atoms. The van der Waals surface area contributed by atoms with Crippen LogP contribution < -0.4 is 5.32 Å². The Morgan fingerprint density at radius 2 is 1.79 bits per heavy atom. The predicted molar refractivity (Wildman–Crippen MR) is 84.2 cm³/mol. The largest absolute Gasteiger partial charge is 0.411 e. The van der Waals surface area contributed by atoms with Gasteiger partial charge in [-0.1, -0.05) is 20.8 Å². The van der Waals surface area contributed by atoms with Crippen molar-refractivity contribution in [2.75, 3.05) is 26.2 Å². The summed E-state index contributed by atoms with van der Waals surface area (Å²) in [5.41, 5.74) is 0. The summed E-state index contributed by atoms with van der Waals surface area (Å²) in [5.74, 6) is 0. The van der Waals surface area contributed by atoms with Gasteiger partial charge in [-0.3, -0.25) is 4.90 Å². The Hall–Kier alpha value is 0.0969. The van der Waals surface area contributed by atoms with Crippen molar-refractivity contribution in [1.82, 2.24) is 10.2 Å². The monoisotopic (exact) mass is 284 g/mol. The lowest BCUT2D eigenvalue weighted by Gasteiger charge is -2.45. The van der Waals surface area contributed by atoms with Gasteiger partial charge in [0, 0.05) is 12.6 Å². The molecule has 0 aliphatic carbocycles. The Kier molecular flexibility index (Phi) is 4.76. The zero-order valence-corrected chi connectivity index (χ0v) is 14.5. The van der Waals surface area contributed by atoms with Gasteiger partial charge in [0.15, 0.2) is 8.32 Å². The van der Waals surface area contributed by atoms with Crippen molar-refractivity contribution in [2.45, 2.75) is 70.3 Å². The molecule has 0 saturated carbocycles. The molecule has 112 valence electrons. The summed E-state index contributed by atoms with van der Waals surface area (Å²) in [6, 6.07) is 0.651. The molecule has 0 spiro atoms. The lowest BCUT2D eigenvalue weighted by molar-refractivity contribution is 0.0486. The molecule has 0 radical (unpaired) electrons. The molecular formula is C15H32N2OSi. The van der Waals surface area contributed by atoms with Gasteiger partial charge in [-0.05, 0) is 57.0 Å². The van der Waals surface area contributed by atoms with Gasteiger partial charge >= 0.3 is 0 Å². The van der Waals surface area contributed by atoms with Gasteiger partial charge in [0.2, 0.25) is 0 Å². The van der Waals surface area contributed by atoms with E-state index in [4.69, 9.17) is 4.43 Å². The topological polar surface area (TPSA) is 24.5 Å². The number of nitrogens with zero attached hydrogens (tertiary/aromatic N) is 1. The molecule has 2 atom stereocenters. The standard InChI is InChI=1S/C15H32N2OSi/c1-15(2,3)19(4,5)18-14-12-16-9-8-13(14)17-10-6-7-11-17/h13-14,16H,6-12H2,1-5H3. The highest BCUT2D eigenvalue weighted by atomic mass is 28.4. The van der Waals surface area contributed by atoms with Crippen molar-refractivity contribution in [3.8, 4) is 0 Å². The summed E-state index contributed by atoms with van der Waals surface area (Å²) in [6.45, 7) is 16.5. The zero-order chi connectivity index (χ0) is 14.1. The van der Waals surface area contributed by atoms with Crippen LogP contribution >= 0.6 is 0 Å². The number of rotatable bonds is 3. The molecular weight excluding hydrogens is 252 g/mol. The van der Waals surface area contributed by atoms with Gasteiger partial charge in [0.1, 0.15) is 0 Å². The average molecular weight is 285 g/mol. The van der Waals surface area contributed by atoms with E-state index in [1.807, 2.05) is 0 Å². The molecule has 2 rings (SSSR count). The number of hydrogen-bond donors (Lipinski definition) is 1. The van der Waals surface area contributed by atoms with Crippen LogP contribution in [0.15, 0.2) is 0 Å². The minimum absolute atomic E-state index is 0.306. The van der Waals surface area contributed by atoms with E-state index in [9.17, 15) is 0 Å². The van der Waals surface area contributed by atoms with Crippen LogP contribution in [0.3, 0.4) is 0 Å². The molecule has 2 saturated heterocycles. The fourth-order valence-corrected chi connectivity index (χ4v) is 4.33. The van der Waals surface area contributed by atoms with Gasteiger partial charge in [-0.15, -0.1) is 0 Å². The Morgan fingerprint density at radius 1 is 1.16 bits per heavy atom.